The smallest absolute Gasteiger partial charge is 0.220 e. The van der Waals surface area contributed by atoms with Crippen molar-refractivity contribution in [3.63, 3.8) is 0 Å². The third kappa shape index (κ3) is 6.65. The van der Waals surface area contributed by atoms with Gasteiger partial charge in [0.1, 0.15) is 0 Å². The molecule has 0 saturated carbocycles. The molecule has 3 heteroatoms. The quantitative estimate of drug-likeness (QED) is 0.729. The second kappa shape index (κ2) is 6.46. The summed E-state index contributed by atoms with van der Waals surface area (Å²) in [6.45, 7) is 6.24. The number of nitrogens with one attached hydrogen (secondary N) is 1. The summed E-state index contributed by atoms with van der Waals surface area (Å²) in [5.74, 6) is 0.769. The number of alkyl halides is 1. The van der Waals surface area contributed by atoms with E-state index < -0.39 is 0 Å². The molecule has 0 spiro atoms. The lowest BCUT2D eigenvalue weighted by Crippen LogP contribution is -2.33. The van der Waals surface area contributed by atoms with Crippen LogP contribution in [-0.2, 0) is 4.79 Å². The van der Waals surface area contributed by atoms with Crippen LogP contribution in [0.3, 0.4) is 0 Å². The van der Waals surface area contributed by atoms with Gasteiger partial charge in [0.25, 0.3) is 0 Å². The fourth-order valence-corrected chi connectivity index (χ4v) is 0.967. The zero-order valence-corrected chi connectivity index (χ0v) is 9.65. The molecule has 0 aliphatic heterocycles. The maximum atomic E-state index is 11.2. The van der Waals surface area contributed by atoms with Crippen LogP contribution in [0.15, 0.2) is 0 Å². The molecule has 0 radical (unpaired) electrons. The van der Waals surface area contributed by atoms with Crippen LogP contribution in [0.2, 0.25) is 0 Å². The standard InChI is InChI=1S/C9H18BrNO/c1-7(2)4-5-9(12)11-8(3)6-10/h7-8H,4-6H2,1-3H3,(H,11,12). The Balaban J connectivity index is 3.46. The van der Waals surface area contributed by atoms with E-state index >= 15 is 0 Å². The van der Waals surface area contributed by atoms with Gasteiger partial charge in [-0.15, -0.1) is 0 Å². The van der Waals surface area contributed by atoms with Crippen molar-refractivity contribution in [3.05, 3.63) is 0 Å². The van der Waals surface area contributed by atoms with E-state index in [-0.39, 0.29) is 11.9 Å². The van der Waals surface area contributed by atoms with E-state index in [1.807, 2.05) is 6.92 Å². The molecular weight excluding hydrogens is 218 g/mol. The molecule has 2 nitrogen and oxygen atoms in total. The first kappa shape index (κ1) is 11.9. The molecule has 0 fully saturated rings. The second-order valence-electron chi connectivity index (χ2n) is 3.56. The second-order valence-corrected chi connectivity index (χ2v) is 4.20. The van der Waals surface area contributed by atoms with Crippen molar-refractivity contribution in [3.8, 4) is 0 Å². The van der Waals surface area contributed by atoms with Crippen molar-refractivity contribution in [2.45, 2.75) is 39.7 Å². The molecule has 0 aromatic heterocycles. The Morgan fingerprint density at radius 2 is 2.00 bits per heavy atom. The number of halogens is 1. The molecule has 0 bridgehead atoms. The molecule has 1 N–H and O–H groups in total. The average Bonchev–Trinajstić information content (AvgIpc) is 2.00. The van der Waals surface area contributed by atoms with Crippen LogP contribution in [0.5, 0.6) is 0 Å². The van der Waals surface area contributed by atoms with Crippen LogP contribution in [0.4, 0.5) is 0 Å². The molecule has 0 rings (SSSR count). The van der Waals surface area contributed by atoms with Crippen molar-refractivity contribution in [2.24, 2.45) is 5.92 Å². The number of hydrogen-bond acceptors (Lipinski definition) is 1. The lowest BCUT2D eigenvalue weighted by molar-refractivity contribution is -0.121. The van der Waals surface area contributed by atoms with Gasteiger partial charge in [0.2, 0.25) is 5.91 Å². The fourth-order valence-electron chi connectivity index (χ4n) is 0.805. The largest absolute Gasteiger partial charge is 0.353 e. The predicted octanol–water partition coefficient (Wildman–Crippen LogP) is 2.32. The van der Waals surface area contributed by atoms with Crippen LogP contribution >= 0.6 is 15.9 Å². The van der Waals surface area contributed by atoms with Gasteiger partial charge in [-0.3, -0.25) is 4.79 Å². The summed E-state index contributed by atoms with van der Waals surface area (Å²) in [6, 6.07) is 0.240. The van der Waals surface area contributed by atoms with Crippen LogP contribution in [0.1, 0.15) is 33.6 Å². The molecule has 0 saturated heterocycles. The minimum absolute atomic E-state index is 0.163. The minimum Gasteiger partial charge on any atom is -0.353 e. The van der Waals surface area contributed by atoms with Gasteiger partial charge in [-0.25, -0.2) is 0 Å². The molecule has 0 aromatic carbocycles. The van der Waals surface area contributed by atoms with E-state index in [0.29, 0.717) is 12.3 Å². The lowest BCUT2D eigenvalue weighted by atomic mass is 10.1. The minimum atomic E-state index is 0.163. The van der Waals surface area contributed by atoms with Gasteiger partial charge in [-0.1, -0.05) is 29.8 Å². The first-order chi connectivity index (χ1) is 5.56. The van der Waals surface area contributed by atoms with Gasteiger partial charge in [-0.2, -0.15) is 0 Å². The van der Waals surface area contributed by atoms with Gasteiger partial charge in [0, 0.05) is 17.8 Å². The molecule has 0 heterocycles. The molecule has 1 amide bonds. The summed E-state index contributed by atoms with van der Waals surface area (Å²) >= 11 is 3.31. The van der Waals surface area contributed by atoms with Gasteiger partial charge < -0.3 is 5.32 Å². The topological polar surface area (TPSA) is 29.1 Å². The molecule has 0 aliphatic rings. The molecule has 0 aliphatic carbocycles. The van der Waals surface area contributed by atoms with Crippen LogP contribution < -0.4 is 5.32 Å². The Morgan fingerprint density at radius 3 is 2.42 bits per heavy atom. The number of carbonyl (C=O) groups is 1. The zero-order valence-electron chi connectivity index (χ0n) is 8.06. The summed E-state index contributed by atoms with van der Waals surface area (Å²) in [6.07, 6.45) is 1.62. The molecule has 12 heavy (non-hydrogen) atoms. The molecule has 1 unspecified atom stereocenters. The summed E-state index contributed by atoms with van der Waals surface area (Å²) in [5, 5.41) is 3.72. The van der Waals surface area contributed by atoms with Crippen molar-refractivity contribution in [1.29, 1.82) is 0 Å². The Hall–Kier alpha value is -0.0500. The predicted molar refractivity (Wildman–Crippen MR) is 55.5 cm³/mol. The third-order valence-electron chi connectivity index (χ3n) is 1.59. The van der Waals surface area contributed by atoms with E-state index in [1.165, 1.54) is 0 Å². The summed E-state index contributed by atoms with van der Waals surface area (Å²) < 4.78 is 0. The van der Waals surface area contributed by atoms with Gasteiger partial charge in [0.05, 0.1) is 0 Å². The molecule has 0 aromatic rings. The lowest BCUT2D eigenvalue weighted by Gasteiger charge is -2.11. The number of carbonyl (C=O) groups excluding carboxylic acids is 1. The highest BCUT2D eigenvalue weighted by atomic mass is 79.9. The summed E-state index contributed by atoms with van der Waals surface area (Å²) in [4.78, 5) is 11.2. The van der Waals surface area contributed by atoms with Crippen LogP contribution in [0, 0.1) is 5.92 Å². The van der Waals surface area contributed by atoms with Gasteiger partial charge in [-0.05, 0) is 19.3 Å². The molecule has 72 valence electrons. The molecular formula is C9H18BrNO. The molecule has 1 atom stereocenters. The fraction of sp³-hybridized carbons (Fsp3) is 0.889. The average molecular weight is 236 g/mol. The van der Waals surface area contributed by atoms with Crippen molar-refractivity contribution in [2.75, 3.05) is 5.33 Å². The monoisotopic (exact) mass is 235 g/mol. The highest BCUT2D eigenvalue weighted by molar-refractivity contribution is 9.09. The van der Waals surface area contributed by atoms with Gasteiger partial charge in [0.15, 0.2) is 0 Å². The SMILES string of the molecule is CC(C)CCC(=O)NC(C)CBr. The number of amides is 1. The Morgan fingerprint density at radius 1 is 1.42 bits per heavy atom. The number of rotatable bonds is 5. The van der Waals surface area contributed by atoms with E-state index in [4.69, 9.17) is 0 Å². The van der Waals surface area contributed by atoms with Crippen molar-refractivity contribution in [1.82, 2.24) is 5.32 Å². The number of hydrogen-bond donors (Lipinski definition) is 1. The van der Waals surface area contributed by atoms with Crippen molar-refractivity contribution >= 4 is 21.8 Å². The Kier molecular flexibility index (Phi) is 6.44. The van der Waals surface area contributed by atoms with E-state index in [1.54, 1.807) is 0 Å². The first-order valence-corrected chi connectivity index (χ1v) is 5.53. The maximum Gasteiger partial charge on any atom is 0.220 e. The van der Waals surface area contributed by atoms with Gasteiger partial charge >= 0.3 is 0 Å². The van der Waals surface area contributed by atoms with E-state index in [0.717, 1.165) is 11.8 Å². The Labute approximate surface area is 83.2 Å². The normalized spacial score (nSPS) is 13.1. The van der Waals surface area contributed by atoms with E-state index in [9.17, 15) is 4.79 Å². The highest BCUT2D eigenvalue weighted by Crippen LogP contribution is 2.03. The van der Waals surface area contributed by atoms with Crippen molar-refractivity contribution < 1.29 is 4.79 Å². The van der Waals surface area contributed by atoms with E-state index in [2.05, 4.69) is 35.1 Å². The first-order valence-electron chi connectivity index (χ1n) is 4.41. The highest BCUT2D eigenvalue weighted by Gasteiger charge is 2.06. The Bertz CT molecular complexity index is 136. The third-order valence-corrected chi connectivity index (χ3v) is 2.56. The summed E-state index contributed by atoms with van der Waals surface area (Å²) in [7, 11) is 0. The van der Waals surface area contributed by atoms with Crippen LogP contribution in [0.25, 0.3) is 0 Å². The van der Waals surface area contributed by atoms with Crippen LogP contribution in [-0.4, -0.2) is 17.3 Å². The maximum absolute atomic E-state index is 11.2. The zero-order chi connectivity index (χ0) is 9.56. The summed E-state index contributed by atoms with van der Waals surface area (Å²) in [5.41, 5.74) is 0.